The number of rotatable bonds is 3. The van der Waals surface area contributed by atoms with Gasteiger partial charge in [-0.25, -0.2) is 9.97 Å². The van der Waals surface area contributed by atoms with Gasteiger partial charge in [0.1, 0.15) is 5.82 Å². The topological polar surface area (TPSA) is 34.0 Å². The summed E-state index contributed by atoms with van der Waals surface area (Å²) in [6, 6.07) is 7.93. The van der Waals surface area contributed by atoms with Crippen LogP contribution in [-0.2, 0) is 12.8 Å². The summed E-state index contributed by atoms with van der Waals surface area (Å²) < 4.78 is 2.57. The van der Waals surface area contributed by atoms with Gasteiger partial charge in [0.25, 0.3) is 0 Å². The van der Waals surface area contributed by atoms with Gasteiger partial charge < -0.3 is 4.57 Å². The molecule has 2 bridgehead atoms. The average molecular weight is 381 g/mol. The van der Waals surface area contributed by atoms with Gasteiger partial charge in [-0.2, -0.15) is 0 Å². The quantitative estimate of drug-likeness (QED) is 0.648. The molecule has 0 N–H and O–H groups in total. The van der Waals surface area contributed by atoms with E-state index < -0.39 is 0 Å². The van der Waals surface area contributed by atoms with Crippen LogP contribution in [0.5, 0.6) is 0 Å². The van der Waals surface area contributed by atoms with E-state index in [1.165, 1.54) is 40.6 Å². The molecule has 4 heterocycles. The van der Waals surface area contributed by atoms with Gasteiger partial charge in [-0.05, 0) is 69.5 Å². The second kappa shape index (κ2) is 6.32. The van der Waals surface area contributed by atoms with Gasteiger partial charge in [-0.3, -0.25) is 4.90 Å². The minimum Gasteiger partial charge on any atom is -0.341 e. The third-order valence-corrected chi connectivity index (χ3v) is 6.75. The molecule has 0 radical (unpaired) electrons. The zero-order valence-corrected chi connectivity index (χ0v) is 16.9. The summed E-state index contributed by atoms with van der Waals surface area (Å²) in [6.45, 7) is 4.24. The van der Waals surface area contributed by atoms with E-state index in [4.69, 9.17) is 11.6 Å². The van der Waals surface area contributed by atoms with E-state index in [2.05, 4.69) is 45.5 Å². The number of aromatic nitrogens is 3. The van der Waals surface area contributed by atoms with Crippen LogP contribution in [0.25, 0.3) is 10.9 Å². The first kappa shape index (κ1) is 17.2. The summed E-state index contributed by atoms with van der Waals surface area (Å²) in [7, 11) is 2.28. The first-order valence-corrected chi connectivity index (χ1v) is 10.2. The SMILES string of the molecule is Cc1ncc(CC(C)n2c3c(c4cc(Cl)ccc42)C2CCC(C3)N2C)cn1. The van der Waals surface area contributed by atoms with Crippen molar-refractivity contribution in [3.63, 3.8) is 0 Å². The summed E-state index contributed by atoms with van der Waals surface area (Å²) in [6.07, 6.45) is 8.53. The highest BCUT2D eigenvalue weighted by Crippen LogP contribution is 2.48. The second-order valence-electron chi connectivity index (χ2n) is 8.20. The molecule has 27 heavy (non-hydrogen) atoms. The highest BCUT2D eigenvalue weighted by molar-refractivity contribution is 6.31. The third-order valence-electron chi connectivity index (χ3n) is 6.52. The first-order valence-electron chi connectivity index (χ1n) is 9.84. The average Bonchev–Trinajstić information content (AvgIpc) is 3.07. The smallest absolute Gasteiger partial charge is 0.125 e. The van der Waals surface area contributed by atoms with Crippen molar-refractivity contribution in [1.82, 2.24) is 19.4 Å². The highest BCUT2D eigenvalue weighted by atomic mass is 35.5. The van der Waals surface area contributed by atoms with Gasteiger partial charge in [0.2, 0.25) is 0 Å². The third kappa shape index (κ3) is 2.69. The van der Waals surface area contributed by atoms with E-state index >= 15 is 0 Å². The normalized spacial score (nSPS) is 23.0. The zero-order valence-electron chi connectivity index (χ0n) is 16.1. The molecule has 0 saturated carbocycles. The Hall–Kier alpha value is -1.91. The summed E-state index contributed by atoms with van der Waals surface area (Å²) in [4.78, 5) is 11.3. The molecule has 140 valence electrons. The fraction of sp³-hybridized carbons (Fsp3) is 0.455. The van der Waals surface area contributed by atoms with Crippen molar-refractivity contribution in [2.75, 3.05) is 7.05 Å². The molecule has 2 aliphatic rings. The van der Waals surface area contributed by atoms with Gasteiger partial charge in [0.05, 0.1) is 0 Å². The zero-order chi connectivity index (χ0) is 18.7. The molecule has 2 aromatic heterocycles. The van der Waals surface area contributed by atoms with Crippen LogP contribution in [0.4, 0.5) is 0 Å². The molecule has 5 heteroatoms. The Kier molecular flexibility index (Phi) is 4.03. The van der Waals surface area contributed by atoms with E-state index in [-0.39, 0.29) is 0 Å². The number of likely N-dealkylation sites (N-methyl/N-ethyl adjacent to an activating group) is 1. The fourth-order valence-electron chi connectivity index (χ4n) is 5.23. The maximum Gasteiger partial charge on any atom is 0.125 e. The Morgan fingerprint density at radius 1 is 1.22 bits per heavy atom. The number of halogens is 1. The molecule has 2 aliphatic heterocycles. The summed E-state index contributed by atoms with van der Waals surface area (Å²) >= 11 is 6.39. The lowest BCUT2D eigenvalue weighted by molar-refractivity contribution is 0.221. The van der Waals surface area contributed by atoms with Crippen LogP contribution < -0.4 is 0 Å². The Balaban J connectivity index is 1.64. The summed E-state index contributed by atoms with van der Waals surface area (Å²) in [5.74, 6) is 0.824. The van der Waals surface area contributed by atoms with E-state index in [1.54, 1.807) is 0 Å². The van der Waals surface area contributed by atoms with E-state index in [0.717, 1.165) is 23.7 Å². The maximum atomic E-state index is 6.39. The second-order valence-corrected chi connectivity index (χ2v) is 8.64. The van der Waals surface area contributed by atoms with Crippen LogP contribution >= 0.6 is 11.6 Å². The number of benzene rings is 1. The van der Waals surface area contributed by atoms with E-state index in [1.807, 2.05) is 25.4 Å². The molecule has 0 aliphatic carbocycles. The van der Waals surface area contributed by atoms with Gasteiger partial charge in [-0.15, -0.1) is 0 Å². The van der Waals surface area contributed by atoms with Crippen molar-refractivity contribution in [2.24, 2.45) is 0 Å². The molecule has 1 saturated heterocycles. The van der Waals surface area contributed by atoms with Crippen molar-refractivity contribution in [1.29, 1.82) is 0 Å². The Morgan fingerprint density at radius 2 is 2.00 bits per heavy atom. The molecular weight excluding hydrogens is 356 g/mol. The molecule has 0 spiro atoms. The van der Waals surface area contributed by atoms with E-state index in [0.29, 0.717) is 18.1 Å². The van der Waals surface area contributed by atoms with Crippen LogP contribution in [0, 0.1) is 6.92 Å². The lowest BCUT2D eigenvalue weighted by atomic mass is 9.97. The maximum absolute atomic E-state index is 6.39. The number of fused-ring (bicyclic) bond motifs is 6. The van der Waals surface area contributed by atoms with Gasteiger partial charge in [-0.1, -0.05) is 11.6 Å². The summed E-state index contributed by atoms with van der Waals surface area (Å²) in [5, 5.41) is 2.16. The molecule has 0 amide bonds. The fourth-order valence-corrected chi connectivity index (χ4v) is 5.41. The lowest BCUT2D eigenvalue weighted by Crippen LogP contribution is -2.35. The molecule has 5 rings (SSSR count). The van der Waals surface area contributed by atoms with Crippen molar-refractivity contribution in [2.45, 2.75) is 57.7 Å². The van der Waals surface area contributed by atoms with Gasteiger partial charge in [0.15, 0.2) is 0 Å². The Morgan fingerprint density at radius 3 is 2.78 bits per heavy atom. The highest BCUT2D eigenvalue weighted by Gasteiger charge is 2.41. The van der Waals surface area contributed by atoms with Crippen LogP contribution in [0.2, 0.25) is 5.02 Å². The van der Waals surface area contributed by atoms with Crippen LogP contribution in [0.1, 0.15) is 54.5 Å². The van der Waals surface area contributed by atoms with E-state index in [9.17, 15) is 0 Å². The Labute approximate surface area is 165 Å². The Bertz CT molecular complexity index is 1010. The van der Waals surface area contributed by atoms with Crippen LogP contribution in [-0.4, -0.2) is 32.5 Å². The standard InChI is InChI=1S/C22H25ClN4/c1-13(8-15-11-24-14(2)25-12-15)27-19-6-4-16(23)9-18(19)22-20-7-5-17(26(20)3)10-21(22)27/h4,6,9,11-13,17,20H,5,7-8,10H2,1-3H3. The first-order chi connectivity index (χ1) is 13.0. The molecule has 3 aromatic rings. The van der Waals surface area contributed by atoms with Gasteiger partial charge in [0, 0.05) is 58.6 Å². The van der Waals surface area contributed by atoms with Crippen molar-refractivity contribution >= 4 is 22.5 Å². The molecule has 1 fully saturated rings. The monoisotopic (exact) mass is 380 g/mol. The minimum absolute atomic E-state index is 0.353. The molecule has 3 unspecified atom stereocenters. The molecular formula is C22H25ClN4. The largest absolute Gasteiger partial charge is 0.341 e. The summed E-state index contributed by atoms with van der Waals surface area (Å²) in [5.41, 5.74) is 5.52. The number of hydrogen-bond donors (Lipinski definition) is 0. The number of aryl methyl sites for hydroxylation is 1. The number of nitrogens with zero attached hydrogens (tertiary/aromatic N) is 4. The lowest BCUT2D eigenvalue weighted by Gasteiger charge is -2.33. The number of hydrogen-bond acceptors (Lipinski definition) is 3. The minimum atomic E-state index is 0.353. The van der Waals surface area contributed by atoms with Crippen molar-refractivity contribution in [3.8, 4) is 0 Å². The molecule has 1 aromatic carbocycles. The molecule has 4 nitrogen and oxygen atoms in total. The predicted molar refractivity (Wildman–Crippen MR) is 109 cm³/mol. The van der Waals surface area contributed by atoms with Crippen LogP contribution in [0.15, 0.2) is 30.6 Å². The van der Waals surface area contributed by atoms with Crippen molar-refractivity contribution < 1.29 is 0 Å². The van der Waals surface area contributed by atoms with Crippen molar-refractivity contribution in [3.05, 3.63) is 58.3 Å². The van der Waals surface area contributed by atoms with Crippen LogP contribution in [0.3, 0.4) is 0 Å². The predicted octanol–water partition coefficient (Wildman–Crippen LogP) is 4.89. The van der Waals surface area contributed by atoms with Gasteiger partial charge >= 0.3 is 0 Å². The molecule has 3 atom stereocenters.